The highest BCUT2D eigenvalue weighted by Gasteiger charge is 2.42. The highest BCUT2D eigenvalue weighted by atomic mass is 19.4. The number of aromatic nitrogens is 2. The van der Waals surface area contributed by atoms with Crippen molar-refractivity contribution in [1.29, 1.82) is 0 Å². The second-order valence-electron chi connectivity index (χ2n) is 6.01. The van der Waals surface area contributed by atoms with E-state index in [1.807, 2.05) is 0 Å². The first-order valence-corrected chi connectivity index (χ1v) is 7.66. The number of carbonyl (C=O) groups excluding carboxylic acids is 1. The summed E-state index contributed by atoms with van der Waals surface area (Å²) in [6.07, 6.45) is -9.02. The van der Waals surface area contributed by atoms with Gasteiger partial charge in [-0.1, -0.05) is 12.1 Å². The van der Waals surface area contributed by atoms with E-state index in [-0.39, 0.29) is 6.54 Å². The molecule has 0 fully saturated rings. The largest absolute Gasteiger partial charge is 0.435 e. The van der Waals surface area contributed by atoms with Crippen molar-refractivity contribution in [2.45, 2.75) is 38.8 Å². The lowest BCUT2D eigenvalue weighted by atomic mass is 10.1. The van der Waals surface area contributed by atoms with Gasteiger partial charge in [-0.05, 0) is 31.0 Å². The lowest BCUT2D eigenvalue weighted by Gasteiger charge is -2.17. The summed E-state index contributed by atoms with van der Waals surface area (Å²) in [6, 6.07) is 2.46. The number of aryl methyl sites for hydroxylation is 1. The number of alkyl halides is 6. The minimum atomic E-state index is -5.00. The maximum atomic E-state index is 13.2. The van der Waals surface area contributed by atoms with Crippen LogP contribution in [0.1, 0.15) is 34.1 Å². The van der Waals surface area contributed by atoms with Crippen molar-refractivity contribution in [2.24, 2.45) is 0 Å². The highest BCUT2D eigenvalue weighted by Crippen LogP contribution is 2.31. The molecule has 0 aliphatic carbocycles. The molecule has 1 unspecified atom stereocenters. The number of nitrogens with two attached hydrogens (primary N) is 1. The maximum Gasteiger partial charge on any atom is 0.435 e. The zero-order chi connectivity index (χ0) is 20.6. The van der Waals surface area contributed by atoms with Gasteiger partial charge in [0.1, 0.15) is 6.04 Å². The van der Waals surface area contributed by atoms with Crippen LogP contribution in [-0.4, -0.2) is 27.9 Å². The van der Waals surface area contributed by atoms with E-state index in [1.165, 1.54) is 5.32 Å². The smallest absolute Gasteiger partial charge is 0.399 e. The van der Waals surface area contributed by atoms with Crippen molar-refractivity contribution < 1.29 is 31.1 Å². The zero-order valence-electron chi connectivity index (χ0n) is 14.2. The van der Waals surface area contributed by atoms with E-state index in [9.17, 15) is 31.1 Å². The molecule has 0 radical (unpaired) electrons. The molecular formula is C16H16F6N4O. The van der Waals surface area contributed by atoms with Gasteiger partial charge in [0, 0.05) is 11.9 Å². The van der Waals surface area contributed by atoms with Gasteiger partial charge in [0.25, 0.3) is 5.91 Å². The molecule has 148 valence electrons. The van der Waals surface area contributed by atoms with Crippen molar-refractivity contribution in [3.05, 3.63) is 46.8 Å². The molecule has 11 heteroatoms. The Labute approximate surface area is 150 Å². The Morgan fingerprint density at radius 3 is 2.41 bits per heavy atom. The van der Waals surface area contributed by atoms with Crippen molar-refractivity contribution in [1.82, 2.24) is 15.1 Å². The minimum absolute atomic E-state index is 0.119. The minimum Gasteiger partial charge on any atom is -0.399 e. The van der Waals surface area contributed by atoms with Crippen LogP contribution in [0.5, 0.6) is 0 Å². The number of benzene rings is 1. The topological polar surface area (TPSA) is 72.9 Å². The molecule has 1 heterocycles. The van der Waals surface area contributed by atoms with Crippen LogP contribution in [0.3, 0.4) is 0 Å². The second-order valence-corrected chi connectivity index (χ2v) is 6.01. The van der Waals surface area contributed by atoms with Crippen LogP contribution >= 0.6 is 0 Å². The van der Waals surface area contributed by atoms with Gasteiger partial charge in [-0.25, -0.2) is 0 Å². The SMILES string of the molecule is Cc1cc(Cn2cc(C(=O)NC(C)C(F)(F)F)c(C(F)(F)F)n2)ccc1N. The number of rotatable bonds is 4. The van der Waals surface area contributed by atoms with Crippen LogP contribution in [0.2, 0.25) is 0 Å². The fraction of sp³-hybridized carbons (Fsp3) is 0.375. The molecule has 1 aromatic carbocycles. The first-order valence-electron chi connectivity index (χ1n) is 7.66. The van der Waals surface area contributed by atoms with Crippen molar-refractivity contribution in [3.8, 4) is 0 Å². The quantitative estimate of drug-likeness (QED) is 0.616. The van der Waals surface area contributed by atoms with Crippen LogP contribution in [-0.2, 0) is 12.7 Å². The summed E-state index contributed by atoms with van der Waals surface area (Å²) in [4.78, 5) is 12.0. The molecule has 1 atom stereocenters. The molecule has 0 aliphatic rings. The van der Waals surface area contributed by atoms with Gasteiger partial charge < -0.3 is 11.1 Å². The van der Waals surface area contributed by atoms with Gasteiger partial charge in [0.05, 0.1) is 12.1 Å². The van der Waals surface area contributed by atoms with Gasteiger partial charge in [0.15, 0.2) is 5.69 Å². The third-order valence-corrected chi connectivity index (χ3v) is 3.79. The number of hydrogen-bond acceptors (Lipinski definition) is 3. The van der Waals surface area contributed by atoms with E-state index in [1.54, 1.807) is 25.1 Å². The van der Waals surface area contributed by atoms with Crippen LogP contribution in [0.15, 0.2) is 24.4 Å². The van der Waals surface area contributed by atoms with E-state index in [0.29, 0.717) is 23.7 Å². The molecule has 0 spiro atoms. The molecule has 1 amide bonds. The first kappa shape index (κ1) is 20.6. The Balaban J connectivity index is 2.34. The molecule has 0 saturated heterocycles. The standard InChI is InChI=1S/C16H16F6N4O/c1-8-5-10(3-4-12(8)23)6-26-7-11(13(25-26)16(20,21)22)14(27)24-9(2)15(17,18)19/h3-5,7,9H,6,23H2,1-2H3,(H,24,27). The van der Waals surface area contributed by atoms with Crippen LogP contribution in [0, 0.1) is 6.92 Å². The molecule has 0 bridgehead atoms. The lowest BCUT2D eigenvalue weighted by Crippen LogP contribution is -2.43. The van der Waals surface area contributed by atoms with Crippen LogP contribution in [0.4, 0.5) is 32.0 Å². The van der Waals surface area contributed by atoms with Crippen molar-refractivity contribution >= 4 is 11.6 Å². The average Bonchev–Trinajstić information content (AvgIpc) is 2.94. The van der Waals surface area contributed by atoms with Gasteiger partial charge >= 0.3 is 12.4 Å². The fourth-order valence-electron chi connectivity index (χ4n) is 2.26. The fourth-order valence-corrected chi connectivity index (χ4v) is 2.26. The molecule has 2 aromatic rings. The summed E-state index contributed by atoms with van der Waals surface area (Å²) in [5.41, 5.74) is 4.90. The number of anilines is 1. The summed E-state index contributed by atoms with van der Waals surface area (Å²) < 4.78 is 78.0. The molecule has 5 nitrogen and oxygen atoms in total. The van der Waals surface area contributed by atoms with Crippen LogP contribution in [0.25, 0.3) is 0 Å². The number of carbonyl (C=O) groups is 1. The zero-order valence-corrected chi connectivity index (χ0v) is 14.2. The summed E-state index contributed by atoms with van der Waals surface area (Å²) in [7, 11) is 0. The predicted molar refractivity (Wildman–Crippen MR) is 84.9 cm³/mol. The summed E-state index contributed by atoms with van der Waals surface area (Å²) in [5, 5.41) is 4.85. The lowest BCUT2D eigenvalue weighted by molar-refractivity contribution is -0.149. The number of halogens is 6. The summed E-state index contributed by atoms with van der Waals surface area (Å²) in [6.45, 7) is 2.22. The van der Waals surface area contributed by atoms with Crippen LogP contribution < -0.4 is 11.1 Å². The van der Waals surface area contributed by atoms with Gasteiger partial charge in [-0.15, -0.1) is 0 Å². The van der Waals surface area contributed by atoms with Crippen molar-refractivity contribution in [3.63, 3.8) is 0 Å². The highest BCUT2D eigenvalue weighted by molar-refractivity contribution is 5.95. The van der Waals surface area contributed by atoms with E-state index in [4.69, 9.17) is 5.73 Å². The van der Waals surface area contributed by atoms with Crippen molar-refractivity contribution in [2.75, 3.05) is 5.73 Å². The normalized spacial score (nSPS) is 13.5. The number of nitrogens with one attached hydrogen (secondary N) is 1. The van der Waals surface area contributed by atoms with E-state index >= 15 is 0 Å². The Morgan fingerprint density at radius 1 is 1.26 bits per heavy atom. The third kappa shape index (κ3) is 4.92. The predicted octanol–water partition coefficient (Wildman–Crippen LogP) is 3.52. The number of hydrogen-bond donors (Lipinski definition) is 2. The first-order chi connectivity index (χ1) is 12.3. The molecule has 0 aliphatic heterocycles. The second kappa shape index (κ2) is 7.12. The molecular weight excluding hydrogens is 378 g/mol. The Morgan fingerprint density at radius 2 is 1.89 bits per heavy atom. The Kier molecular flexibility index (Phi) is 5.43. The summed E-state index contributed by atoms with van der Waals surface area (Å²) >= 11 is 0. The molecule has 27 heavy (non-hydrogen) atoms. The Bertz CT molecular complexity index is 840. The molecule has 1 aromatic heterocycles. The van der Waals surface area contributed by atoms with Gasteiger partial charge in [-0.3, -0.25) is 9.48 Å². The van der Waals surface area contributed by atoms with E-state index in [2.05, 4.69) is 5.10 Å². The number of nitrogens with zero attached hydrogens (tertiary/aromatic N) is 2. The Hall–Kier alpha value is -2.72. The van der Waals surface area contributed by atoms with E-state index in [0.717, 1.165) is 10.9 Å². The monoisotopic (exact) mass is 394 g/mol. The third-order valence-electron chi connectivity index (χ3n) is 3.79. The maximum absolute atomic E-state index is 13.2. The van der Waals surface area contributed by atoms with E-state index < -0.39 is 35.6 Å². The van der Waals surface area contributed by atoms with Gasteiger partial charge in [-0.2, -0.15) is 31.4 Å². The number of nitrogen functional groups attached to an aromatic ring is 1. The number of amides is 1. The molecule has 0 saturated carbocycles. The molecule has 3 N–H and O–H groups in total. The van der Waals surface area contributed by atoms with Gasteiger partial charge in [0.2, 0.25) is 0 Å². The average molecular weight is 394 g/mol. The molecule has 2 rings (SSSR count). The summed E-state index contributed by atoms with van der Waals surface area (Å²) in [5.74, 6) is -1.51.